The van der Waals surface area contributed by atoms with Gasteiger partial charge >= 0.3 is 6.18 Å². The lowest BCUT2D eigenvalue weighted by Crippen LogP contribution is -2.32. The van der Waals surface area contributed by atoms with Crippen LogP contribution in [0.1, 0.15) is 30.7 Å². The van der Waals surface area contributed by atoms with Gasteiger partial charge in [0.2, 0.25) is 5.88 Å². The van der Waals surface area contributed by atoms with Crippen LogP contribution in [-0.2, 0) is 19.1 Å². The molecule has 1 aliphatic heterocycles. The third-order valence-corrected chi connectivity index (χ3v) is 5.13. The van der Waals surface area contributed by atoms with Crippen LogP contribution < -0.4 is 15.0 Å². The summed E-state index contributed by atoms with van der Waals surface area (Å²) in [5.74, 6) is 1.16. The summed E-state index contributed by atoms with van der Waals surface area (Å²) in [7, 11) is 0. The van der Waals surface area contributed by atoms with Crippen LogP contribution in [0.2, 0.25) is 0 Å². The summed E-state index contributed by atoms with van der Waals surface area (Å²) in [6, 6.07) is 7.40. The highest BCUT2D eigenvalue weighted by molar-refractivity contribution is 5.64. The monoisotopic (exact) mass is 454 g/mol. The van der Waals surface area contributed by atoms with Crippen LogP contribution in [-0.4, -0.2) is 27.6 Å². The molecular formula is C23H21F3N6O. The summed E-state index contributed by atoms with van der Waals surface area (Å²) in [6.45, 7) is 11.7. The summed E-state index contributed by atoms with van der Waals surface area (Å²) < 4.78 is 45.6. The molecule has 0 atom stereocenters. The van der Waals surface area contributed by atoms with E-state index in [1.165, 1.54) is 12.4 Å². The predicted molar refractivity (Wildman–Crippen MR) is 118 cm³/mol. The Morgan fingerprint density at radius 1 is 1.15 bits per heavy atom. The Balaban J connectivity index is 1.54. The van der Waals surface area contributed by atoms with E-state index < -0.39 is 17.4 Å². The van der Waals surface area contributed by atoms with Gasteiger partial charge in [0, 0.05) is 23.9 Å². The number of aromatic nitrogens is 3. The highest BCUT2D eigenvalue weighted by Crippen LogP contribution is 2.39. The van der Waals surface area contributed by atoms with Gasteiger partial charge in [-0.1, -0.05) is 6.07 Å². The number of nitrogens with zero attached hydrogens (tertiary/aromatic N) is 5. The van der Waals surface area contributed by atoms with Gasteiger partial charge in [0.25, 0.3) is 0 Å². The van der Waals surface area contributed by atoms with E-state index in [0.717, 1.165) is 23.0 Å². The van der Waals surface area contributed by atoms with E-state index in [1.54, 1.807) is 18.3 Å². The van der Waals surface area contributed by atoms with Crippen LogP contribution >= 0.6 is 0 Å². The Bertz CT molecular complexity index is 1190. The Hall–Kier alpha value is -3.87. The first-order valence-electron chi connectivity index (χ1n) is 10.3. The number of alkyl halides is 3. The largest absolute Gasteiger partial charge is 0.475 e. The van der Waals surface area contributed by atoms with E-state index in [2.05, 4.69) is 25.1 Å². The lowest BCUT2D eigenvalue weighted by atomic mass is 10.0. The number of rotatable bonds is 5. The van der Waals surface area contributed by atoms with E-state index in [4.69, 9.17) is 11.3 Å². The van der Waals surface area contributed by atoms with Crippen molar-refractivity contribution in [2.75, 3.05) is 16.8 Å². The van der Waals surface area contributed by atoms with Gasteiger partial charge in [-0.25, -0.2) is 19.8 Å². The van der Waals surface area contributed by atoms with Crippen molar-refractivity contribution < 1.29 is 17.9 Å². The van der Waals surface area contributed by atoms with Crippen molar-refractivity contribution in [1.82, 2.24) is 15.0 Å². The predicted octanol–water partition coefficient (Wildman–Crippen LogP) is 5.53. The van der Waals surface area contributed by atoms with Crippen molar-refractivity contribution in [1.29, 1.82) is 0 Å². The fraction of sp³-hybridized carbons (Fsp3) is 0.304. The number of pyridine rings is 1. The molecule has 10 heteroatoms. The number of benzene rings is 1. The van der Waals surface area contributed by atoms with Gasteiger partial charge in [-0.05, 0) is 38.5 Å². The number of hydrogen-bond donors (Lipinski definition) is 1. The maximum atomic E-state index is 13.4. The molecule has 0 saturated heterocycles. The number of ether oxygens (including phenoxy) is 1. The van der Waals surface area contributed by atoms with E-state index in [9.17, 15) is 13.2 Å². The van der Waals surface area contributed by atoms with Gasteiger partial charge in [-0.2, -0.15) is 13.2 Å². The molecular weight excluding hydrogens is 433 g/mol. The summed E-state index contributed by atoms with van der Waals surface area (Å²) in [5.41, 5.74) is 1.44. The van der Waals surface area contributed by atoms with E-state index >= 15 is 0 Å². The molecule has 2 aromatic heterocycles. The second kappa shape index (κ2) is 8.94. The number of anilines is 3. The lowest BCUT2D eigenvalue weighted by Gasteiger charge is -2.31. The minimum atomic E-state index is -4.59. The van der Waals surface area contributed by atoms with E-state index in [-0.39, 0.29) is 6.10 Å². The van der Waals surface area contributed by atoms with Gasteiger partial charge in [-0.3, -0.25) is 0 Å². The number of hydrogen-bond acceptors (Lipinski definition) is 6. The zero-order valence-electron chi connectivity index (χ0n) is 18.0. The van der Waals surface area contributed by atoms with Gasteiger partial charge < -0.3 is 15.0 Å². The summed E-state index contributed by atoms with van der Waals surface area (Å²) in [6.07, 6.45) is -0.937. The molecule has 0 aliphatic carbocycles. The first kappa shape index (κ1) is 22.3. The number of fused-ring (bicyclic) bond motifs is 1. The molecule has 0 bridgehead atoms. The normalized spacial score (nSPS) is 13.4. The van der Waals surface area contributed by atoms with Crippen LogP contribution in [0.5, 0.6) is 5.88 Å². The first-order chi connectivity index (χ1) is 15.7. The summed E-state index contributed by atoms with van der Waals surface area (Å²) >= 11 is 0. The van der Waals surface area contributed by atoms with E-state index in [0.29, 0.717) is 36.9 Å². The minimum absolute atomic E-state index is 0.0259. The van der Waals surface area contributed by atoms with Crippen molar-refractivity contribution in [3.05, 3.63) is 71.1 Å². The smallest absolute Gasteiger partial charge is 0.407 e. The molecule has 4 rings (SSSR count). The molecule has 0 fully saturated rings. The van der Waals surface area contributed by atoms with Crippen molar-refractivity contribution >= 4 is 22.9 Å². The average molecular weight is 454 g/mol. The third-order valence-electron chi connectivity index (χ3n) is 5.13. The van der Waals surface area contributed by atoms with Crippen molar-refractivity contribution in [2.24, 2.45) is 0 Å². The van der Waals surface area contributed by atoms with Crippen molar-refractivity contribution in [3.63, 3.8) is 0 Å². The molecule has 33 heavy (non-hydrogen) atoms. The molecule has 1 aliphatic rings. The molecule has 3 heterocycles. The molecule has 1 N–H and O–H groups in total. The number of nitrogens with one attached hydrogen (secondary N) is 1. The van der Waals surface area contributed by atoms with Gasteiger partial charge in [0.05, 0.1) is 42.4 Å². The average Bonchev–Trinajstić information content (AvgIpc) is 2.79. The number of halogens is 3. The van der Waals surface area contributed by atoms with Gasteiger partial charge in [0.15, 0.2) is 5.69 Å². The standard InChI is InChI=1S/C23H21F3N6O/c1-14(2)33-21-7-4-15(11-28-21)31-22-17-8-9-32(12-20(17)29-13-30-22)16-5-6-19(27-3)18(10-16)23(24,25)26/h4-7,10-11,13-14H,8-9,12H2,1-2H3,(H,29,30,31). The maximum Gasteiger partial charge on any atom is 0.407 e. The highest BCUT2D eigenvalue weighted by Gasteiger charge is 2.34. The quantitative estimate of drug-likeness (QED) is 0.511. The molecule has 170 valence electrons. The summed E-state index contributed by atoms with van der Waals surface area (Å²) in [4.78, 5) is 17.8. The second-order valence-corrected chi connectivity index (χ2v) is 7.81. The molecule has 0 unspecified atom stereocenters. The Morgan fingerprint density at radius 2 is 1.97 bits per heavy atom. The van der Waals surface area contributed by atoms with Gasteiger partial charge in [0.1, 0.15) is 12.1 Å². The molecule has 0 radical (unpaired) electrons. The van der Waals surface area contributed by atoms with Crippen LogP contribution in [0, 0.1) is 6.57 Å². The molecule has 1 aromatic carbocycles. The highest BCUT2D eigenvalue weighted by atomic mass is 19.4. The Morgan fingerprint density at radius 3 is 2.64 bits per heavy atom. The molecule has 7 nitrogen and oxygen atoms in total. The molecule has 0 spiro atoms. The molecule has 3 aromatic rings. The molecule has 0 saturated carbocycles. The van der Waals surface area contributed by atoms with E-state index in [1.807, 2.05) is 24.8 Å². The fourth-order valence-electron chi connectivity index (χ4n) is 3.63. The SMILES string of the molecule is [C-]#[N+]c1ccc(N2CCc3c(ncnc3Nc3ccc(OC(C)C)nc3)C2)cc1C(F)(F)F. The minimum Gasteiger partial charge on any atom is -0.475 e. The van der Waals surface area contributed by atoms with Crippen LogP contribution in [0.3, 0.4) is 0 Å². The molecule has 0 amide bonds. The zero-order valence-corrected chi connectivity index (χ0v) is 18.0. The third kappa shape index (κ3) is 4.98. The summed E-state index contributed by atoms with van der Waals surface area (Å²) in [5, 5.41) is 3.24. The van der Waals surface area contributed by atoms with Crippen LogP contribution in [0.15, 0.2) is 42.9 Å². The second-order valence-electron chi connectivity index (χ2n) is 7.81. The Kier molecular flexibility index (Phi) is 6.05. The zero-order chi connectivity index (χ0) is 23.6. The van der Waals surface area contributed by atoms with Crippen molar-refractivity contribution in [3.8, 4) is 5.88 Å². The van der Waals surface area contributed by atoms with Crippen LogP contribution in [0.25, 0.3) is 4.85 Å². The lowest BCUT2D eigenvalue weighted by molar-refractivity contribution is -0.136. The maximum absolute atomic E-state index is 13.4. The Labute approximate surface area is 189 Å². The topological polar surface area (TPSA) is 67.5 Å². The fourth-order valence-corrected chi connectivity index (χ4v) is 3.63. The van der Waals surface area contributed by atoms with Crippen LogP contribution in [0.4, 0.5) is 36.1 Å². The van der Waals surface area contributed by atoms with Crippen molar-refractivity contribution in [2.45, 2.75) is 39.1 Å². The van der Waals surface area contributed by atoms with Gasteiger partial charge in [-0.15, -0.1) is 0 Å². The first-order valence-corrected chi connectivity index (χ1v) is 10.3.